The molecule has 0 radical (unpaired) electrons. The van der Waals surface area contributed by atoms with Crippen molar-refractivity contribution in [3.05, 3.63) is 64.1 Å². The number of halogens is 1. The van der Waals surface area contributed by atoms with Crippen molar-refractivity contribution in [2.75, 3.05) is 70.8 Å². The summed E-state index contributed by atoms with van der Waals surface area (Å²) in [4.78, 5) is 2.30. The molecule has 1 fully saturated rings. The van der Waals surface area contributed by atoms with Gasteiger partial charge in [0.15, 0.2) is 0 Å². The molecule has 162 valence electrons. The molecule has 1 heterocycles. The van der Waals surface area contributed by atoms with Gasteiger partial charge in [0.1, 0.15) is 0 Å². The van der Waals surface area contributed by atoms with E-state index in [1.54, 1.807) is 0 Å². The molecule has 2 aromatic carbocycles. The van der Waals surface area contributed by atoms with E-state index in [-0.39, 0.29) is 0 Å². The Balaban J connectivity index is 1.57. The molecule has 0 saturated carbocycles. The zero-order valence-electron chi connectivity index (χ0n) is 17.3. The summed E-state index contributed by atoms with van der Waals surface area (Å²) in [6.45, 7) is 6.53. The minimum atomic E-state index is 0.595. The summed E-state index contributed by atoms with van der Waals surface area (Å²) in [5.41, 5.74) is 3.51. The fourth-order valence-corrected chi connectivity index (χ4v) is 3.31. The Kier molecular flexibility index (Phi) is 10.4. The van der Waals surface area contributed by atoms with Crippen LogP contribution in [0.25, 0.3) is 12.2 Å². The van der Waals surface area contributed by atoms with E-state index < -0.39 is 0 Å². The fourth-order valence-electron chi connectivity index (χ4n) is 3.04. The molecule has 0 bridgehead atoms. The number of rotatable bonds is 3. The Morgan fingerprint density at radius 3 is 1.43 bits per heavy atom. The lowest BCUT2D eigenvalue weighted by Gasteiger charge is -2.25. The van der Waals surface area contributed by atoms with Crippen LogP contribution >= 0.6 is 15.9 Å². The lowest BCUT2D eigenvalue weighted by atomic mass is 10.1. The minimum absolute atomic E-state index is 0.595. The van der Waals surface area contributed by atoms with Crippen molar-refractivity contribution in [2.24, 2.45) is 0 Å². The van der Waals surface area contributed by atoms with Crippen LogP contribution in [-0.4, -0.2) is 65.9 Å². The van der Waals surface area contributed by atoms with Crippen LogP contribution in [0.4, 0.5) is 5.69 Å². The van der Waals surface area contributed by atoms with Crippen LogP contribution in [0.3, 0.4) is 0 Å². The maximum absolute atomic E-state index is 5.72. The highest BCUT2D eigenvalue weighted by Crippen LogP contribution is 2.18. The summed E-state index contributed by atoms with van der Waals surface area (Å²) in [5.74, 6) is 0. The lowest BCUT2D eigenvalue weighted by Crippen LogP contribution is -2.31. The number of anilines is 1. The zero-order chi connectivity index (χ0) is 20.9. The van der Waals surface area contributed by atoms with E-state index in [9.17, 15) is 0 Å². The van der Waals surface area contributed by atoms with Crippen molar-refractivity contribution in [3.63, 3.8) is 0 Å². The van der Waals surface area contributed by atoms with Crippen LogP contribution in [0, 0.1) is 0 Å². The molecule has 0 unspecified atom stereocenters. The molecule has 0 amide bonds. The number of benzene rings is 2. The molecule has 0 N–H and O–H groups in total. The third-order valence-electron chi connectivity index (χ3n) is 4.72. The average Bonchev–Trinajstić information content (AvgIpc) is 2.78. The third-order valence-corrected chi connectivity index (χ3v) is 5.25. The second-order valence-electron chi connectivity index (χ2n) is 6.91. The largest absolute Gasteiger partial charge is 0.377 e. The second kappa shape index (κ2) is 13.6. The monoisotopic (exact) mass is 475 g/mol. The molecule has 5 nitrogen and oxygen atoms in total. The summed E-state index contributed by atoms with van der Waals surface area (Å²) in [6, 6.07) is 16.9. The second-order valence-corrected chi connectivity index (χ2v) is 7.83. The predicted octanol–water partition coefficient (Wildman–Crippen LogP) is 4.51. The highest BCUT2D eigenvalue weighted by Gasteiger charge is 2.07. The van der Waals surface area contributed by atoms with Crippen LogP contribution < -0.4 is 4.90 Å². The van der Waals surface area contributed by atoms with Crippen molar-refractivity contribution in [1.82, 2.24) is 0 Å². The first-order chi connectivity index (χ1) is 14.8. The van der Waals surface area contributed by atoms with Gasteiger partial charge in [-0.3, -0.25) is 0 Å². The van der Waals surface area contributed by atoms with Crippen LogP contribution in [0.15, 0.2) is 53.0 Å². The van der Waals surface area contributed by atoms with Crippen molar-refractivity contribution >= 4 is 33.8 Å². The van der Waals surface area contributed by atoms with E-state index >= 15 is 0 Å². The number of ether oxygens (including phenoxy) is 4. The molecular formula is C24H30BrNO4. The maximum Gasteiger partial charge on any atom is 0.0701 e. The Morgan fingerprint density at radius 1 is 0.567 bits per heavy atom. The van der Waals surface area contributed by atoms with Crippen LogP contribution in [-0.2, 0) is 18.9 Å². The molecule has 1 aliphatic heterocycles. The molecule has 1 saturated heterocycles. The van der Waals surface area contributed by atoms with Gasteiger partial charge in [0.2, 0.25) is 0 Å². The van der Waals surface area contributed by atoms with E-state index in [0.29, 0.717) is 52.9 Å². The molecule has 0 spiro atoms. The zero-order valence-corrected chi connectivity index (χ0v) is 18.9. The van der Waals surface area contributed by atoms with Gasteiger partial charge in [0, 0.05) is 23.2 Å². The Bertz CT molecular complexity index is 733. The number of nitrogens with zero attached hydrogens (tertiary/aromatic N) is 1. The lowest BCUT2D eigenvalue weighted by molar-refractivity contribution is 0.00206. The molecule has 0 atom stereocenters. The van der Waals surface area contributed by atoms with Gasteiger partial charge in [0.05, 0.1) is 52.9 Å². The highest BCUT2D eigenvalue weighted by atomic mass is 79.9. The van der Waals surface area contributed by atoms with Gasteiger partial charge in [-0.1, -0.05) is 52.3 Å². The first-order valence-electron chi connectivity index (χ1n) is 10.4. The Labute approximate surface area is 187 Å². The van der Waals surface area contributed by atoms with Gasteiger partial charge in [-0.25, -0.2) is 0 Å². The minimum Gasteiger partial charge on any atom is -0.377 e. The maximum atomic E-state index is 5.72. The van der Waals surface area contributed by atoms with Gasteiger partial charge in [-0.05, 0) is 35.4 Å². The topological polar surface area (TPSA) is 40.2 Å². The number of hydrogen-bond donors (Lipinski definition) is 0. The molecule has 2 aromatic rings. The molecule has 0 aromatic heterocycles. The van der Waals surface area contributed by atoms with E-state index in [1.165, 1.54) is 16.8 Å². The number of hydrogen-bond acceptors (Lipinski definition) is 5. The first kappa shape index (κ1) is 23.0. The summed E-state index contributed by atoms with van der Waals surface area (Å²) in [6.07, 6.45) is 4.25. The van der Waals surface area contributed by atoms with Crippen LogP contribution in [0.5, 0.6) is 0 Å². The van der Waals surface area contributed by atoms with Gasteiger partial charge < -0.3 is 23.8 Å². The molecule has 6 heteroatoms. The quantitative estimate of drug-likeness (QED) is 0.610. The van der Waals surface area contributed by atoms with E-state index in [1.807, 2.05) is 12.1 Å². The summed E-state index contributed by atoms with van der Waals surface area (Å²) < 4.78 is 23.5. The van der Waals surface area contributed by atoms with Crippen molar-refractivity contribution in [1.29, 1.82) is 0 Å². The molecule has 30 heavy (non-hydrogen) atoms. The molecule has 3 rings (SSSR count). The fraction of sp³-hybridized carbons (Fsp3) is 0.417. The molecule has 0 aliphatic carbocycles. The highest BCUT2D eigenvalue weighted by molar-refractivity contribution is 9.10. The van der Waals surface area contributed by atoms with Gasteiger partial charge in [-0.2, -0.15) is 0 Å². The summed E-state index contributed by atoms with van der Waals surface area (Å²) >= 11 is 3.47. The van der Waals surface area contributed by atoms with Gasteiger partial charge in [0.25, 0.3) is 0 Å². The van der Waals surface area contributed by atoms with Gasteiger partial charge >= 0.3 is 0 Å². The van der Waals surface area contributed by atoms with Crippen LogP contribution in [0.1, 0.15) is 11.1 Å². The Morgan fingerprint density at radius 2 is 0.967 bits per heavy atom. The SMILES string of the molecule is Brc1ccc(/C=C/c2ccc(N3CCOCCOCCOCCOCC3)cc2)cc1. The van der Waals surface area contributed by atoms with E-state index in [2.05, 4.69) is 69.4 Å². The van der Waals surface area contributed by atoms with Crippen molar-refractivity contribution < 1.29 is 18.9 Å². The summed E-state index contributed by atoms with van der Waals surface area (Å²) in [5, 5.41) is 0. The average molecular weight is 476 g/mol. The summed E-state index contributed by atoms with van der Waals surface area (Å²) in [7, 11) is 0. The van der Waals surface area contributed by atoms with E-state index in [0.717, 1.165) is 17.6 Å². The van der Waals surface area contributed by atoms with Crippen molar-refractivity contribution in [3.8, 4) is 0 Å². The van der Waals surface area contributed by atoms with E-state index in [4.69, 9.17) is 18.9 Å². The van der Waals surface area contributed by atoms with Crippen LogP contribution in [0.2, 0.25) is 0 Å². The Hall–Kier alpha value is -1.70. The third kappa shape index (κ3) is 8.58. The molecule has 1 aliphatic rings. The normalized spacial score (nSPS) is 18.1. The predicted molar refractivity (Wildman–Crippen MR) is 125 cm³/mol. The van der Waals surface area contributed by atoms with Gasteiger partial charge in [-0.15, -0.1) is 0 Å². The van der Waals surface area contributed by atoms with Crippen molar-refractivity contribution in [2.45, 2.75) is 0 Å². The first-order valence-corrected chi connectivity index (χ1v) is 11.2. The standard InChI is InChI=1S/C24H30BrNO4/c25-23-7-3-21(4-8-23)1-2-22-5-9-24(10-6-22)26-11-13-27-15-17-29-19-20-30-18-16-28-14-12-26/h1-10H,11-20H2/b2-1+. The molecular weight excluding hydrogens is 446 g/mol. The smallest absolute Gasteiger partial charge is 0.0701 e.